The van der Waals surface area contributed by atoms with E-state index in [1.807, 2.05) is 19.3 Å². The summed E-state index contributed by atoms with van der Waals surface area (Å²) in [7, 11) is 0. The largest absolute Gasteiger partial charge is 0.309 e. The molecular weight excluding hydrogens is 282 g/mol. The lowest BCUT2D eigenvalue weighted by atomic mass is 9.53. The number of aryl methyl sites for hydroxylation is 1. The second-order valence-corrected chi connectivity index (χ2v) is 7.09. The summed E-state index contributed by atoms with van der Waals surface area (Å²) in [5, 5.41) is 3.82. The highest BCUT2D eigenvalue weighted by atomic mass is 15.0. The number of nitrogens with one attached hydrogen (secondary N) is 1. The molecule has 0 radical (unpaired) electrons. The summed E-state index contributed by atoms with van der Waals surface area (Å²) < 4.78 is 0. The Kier molecular flexibility index (Phi) is 4.13. The van der Waals surface area contributed by atoms with Crippen LogP contribution in [0.4, 0.5) is 0 Å². The first-order chi connectivity index (χ1) is 11.3. The Balaban J connectivity index is 1.49. The average Bonchev–Trinajstić information content (AvgIpc) is 2.58. The molecule has 2 fully saturated rings. The summed E-state index contributed by atoms with van der Waals surface area (Å²) >= 11 is 0. The smallest absolute Gasteiger partial charge is 0.125 e. The molecule has 120 valence electrons. The van der Waals surface area contributed by atoms with Crippen LogP contribution >= 0.6 is 0 Å². The van der Waals surface area contributed by atoms with Crippen LogP contribution in [-0.4, -0.2) is 16.0 Å². The first-order valence-electron chi connectivity index (χ1n) is 8.89. The summed E-state index contributed by atoms with van der Waals surface area (Å²) in [5.41, 5.74) is 2.69. The number of benzene rings is 1. The fourth-order valence-corrected chi connectivity index (χ4v) is 4.62. The van der Waals surface area contributed by atoms with Crippen LogP contribution in [0.25, 0.3) is 0 Å². The molecule has 0 aliphatic heterocycles. The Hall–Kier alpha value is -1.74. The molecule has 0 bridgehead atoms. The minimum Gasteiger partial charge on any atom is -0.309 e. The zero-order valence-electron chi connectivity index (χ0n) is 13.8. The van der Waals surface area contributed by atoms with E-state index in [0.717, 1.165) is 24.2 Å². The molecule has 4 rings (SSSR count). The molecule has 2 aromatic rings. The maximum Gasteiger partial charge on any atom is 0.125 e. The van der Waals surface area contributed by atoms with E-state index in [4.69, 9.17) is 0 Å². The molecule has 0 unspecified atom stereocenters. The van der Waals surface area contributed by atoms with E-state index in [-0.39, 0.29) is 0 Å². The van der Waals surface area contributed by atoms with Crippen LogP contribution in [0.1, 0.15) is 48.6 Å². The van der Waals surface area contributed by atoms with Gasteiger partial charge in [-0.15, -0.1) is 0 Å². The van der Waals surface area contributed by atoms with Crippen molar-refractivity contribution in [3.8, 4) is 0 Å². The molecule has 3 heteroatoms. The van der Waals surface area contributed by atoms with Gasteiger partial charge in [0, 0.05) is 36.5 Å². The van der Waals surface area contributed by atoms with E-state index in [1.165, 1.54) is 36.8 Å². The zero-order valence-corrected chi connectivity index (χ0v) is 13.8. The predicted octanol–water partition coefficient (Wildman–Crippen LogP) is 3.85. The Morgan fingerprint density at radius 2 is 1.70 bits per heavy atom. The van der Waals surface area contributed by atoms with Crippen molar-refractivity contribution in [1.82, 2.24) is 15.3 Å². The van der Waals surface area contributed by atoms with E-state index in [1.54, 1.807) is 0 Å². The first-order valence-corrected chi connectivity index (χ1v) is 8.89. The summed E-state index contributed by atoms with van der Waals surface area (Å²) in [6.07, 6.45) is 9.48. The minimum absolute atomic E-state index is 0.601. The lowest BCUT2D eigenvalue weighted by molar-refractivity contribution is 0.0254. The molecule has 2 aliphatic rings. The Morgan fingerprint density at radius 3 is 2.43 bits per heavy atom. The number of nitrogens with zero attached hydrogens (tertiary/aromatic N) is 2. The quantitative estimate of drug-likeness (QED) is 0.932. The van der Waals surface area contributed by atoms with Gasteiger partial charge >= 0.3 is 0 Å². The fourth-order valence-electron chi connectivity index (χ4n) is 4.62. The Morgan fingerprint density at radius 1 is 1.00 bits per heavy atom. The summed E-state index contributed by atoms with van der Waals surface area (Å²) in [5.74, 6) is 3.23. The average molecular weight is 307 g/mol. The van der Waals surface area contributed by atoms with Crippen LogP contribution in [0.5, 0.6) is 0 Å². The van der Waals surface area contributed by atoms with Gasteiger partial charge in [-0.05, 0) is 37.2 Å². The lowest BCUT2D eigenvalue weighted by Crippen LogP contribution is -2.57. The molecule has 1 aromatic heterocycles. The topological polar surface area (TPSA) is 37.8 Å². The number of rotatable bonds is 4. The molecule has 1 heterocycles. The van der Waals surface area contributed by atoms with Crippen LogP contribution in [0.2, 0.25) is 0 Å². The van der Waals surface area contributed by atoms with Crippen molar-refractivity contribution in [3.63, 3.8) is 0 Å². The highest BCUT2D eigenvalue weighted by Gasteiger charge is 2.50. The summed E-state index contributed by atoms with van der Waals surface area (Å²) in [4.78, 5) is 8.62. The molecule has 4 atom stereocenters. The molecule has 0 saturated heterocycles. The van der Waals surface area contributed by atoms with Gasteiger partial charge in [-0.25, -0.2) is 9.97 Å². The van der Waals surface area contributed by atoms with Gasteiger partial charge in [0.2, 0.25) is 0 Å². The van der Waals surface area contributed by atoms with Gasteiger partial charge in [-0.3, -0.25) is 0 Å². The number of fused-ring (bicyclic) bond motifs is 1. The third-order valence-electron chi connectivity index (χ3n) is 5.75. The van der Waals surface area contributed by atoms with Crippen LogP contribution in [0.15, 0.2) is 42.7 Å². The predicted molar refractivity (Wildman–Crippen MR) is 92.0 cm³/mol. The SMILES string of the molecule is Cc1ncc(CN[C@H]2[C@H]3CCCC[C@@H]3[C@@H]2c2ccccc2)cn1. The summed E-state index contributed by atoms with van der Waals surface area (Å²) in [6.45, 7) is 2.80. The molecule has 23 heavy (non-hydrogen) atoms. The molecule has 1 aromatic carbocycles. The first kappa shape index (κ1) is 14.8. The van der Waals surface area contributed by atoms with Crippen molar-refractivity contribution in [2.75, 3.05) is 0 Å². The Labute approximate surface area is 138 Å². The van der Waals surface area contributed by atoms with Gasteiger partial charge in [0.05, 0.1) is 0 Å². The fraction of sp³-hybridized carbons (Fsp3) is 0.500. The molecule has 2 saturated carbocycles. The van der Waals surface area contributed by atoms with Crippen molar-refractivity contribution >= 4 is 0 Å². The maximum absolute atomic E-state index is 4.31. The van der Waals surface area contributed by atoms with Crippen molar-refractivity contribution in [2.45, 2.75) is 51.1 Å². The van der Waals surface area contributed by atoms with Gasteiger partial charge in [-0.2, -0.15) is 0 Å². The Bertz CT molecular complexity index is 638. The second kappa shape index (κ2) is 6.40. The third kappa shape index (κ3) is 2.90. The van der Waals surface area contributed by atoms with Crippen molar-refractivity contribution < 1.29 is 0 Å². The molecule has 2 aliphatic carbocycles. The van der Waals surface area contributed by atoms with Gasteiger partial charge in [0.1, 0.15) is 5.82 Å². The van der Waals surface area contributed by atoms with Crippen molar-refractivity contribution in [2.24, 2.45) is 11.8 Å². The van der Waals surface area contributed by atoms with E-state index in [9.17, 15) is 0 Å². The van der Waals surface area contributed by atoms with E-state index in [0.29, 0.717) is 12.0 Å². The number of aromatic nitrogens is 2. The normalized spacial score (nSPS) is 29.6. The lowest BCUT2D eigenvalue weighted by Gasteiger charge is -2.55. The highest BCUT2D eigenvalue weighted by Crippen LogP contribution is 2.54. The molecule has 3 nitrogen and oxygen atoms in total. The van der Waals surface area contributed by atoms with E-state index >= 15 is 0 Å². The van der Waals surface area contributed by atoms with Crippen LogP contribution in [0.3, 0.4) is 0 Å². The van der Waals surface area contributed by atoms with Crippen LogP contribution < -0.4 is 5.32 Å². The van der Waals surface area contributed by atoms with Crippen molar-refractivity contribution in [1.29, 1.82) is 0 Å². The molecule has 0 amide bonds. The van der Waals surface area contributed by atoms with Gasteiger partial charge in [0.15, 0.2) is 0 Å². The van der Waals surface area contributed by atoms with Crippen LogP contribution in [-0.2, 0) is 6.54 Å². The van der Waals surface area contributed by atoms with Crippen LogP contribution in [0, 0.1) is 18.8 Å². The van der Waals surface area contributed by atoms with E-state index < -0.39 is 0 Å². The number of hydrogen-bond donors (Lipinski definition) is 1. The maximum atomic E-state index is 4.31. The molecule has 1 N–H and O–H groups in total. The van der Waals surface area contributed by atoms with Gasteiger partial charge < -0.3 is 5.32 Å². The highest BCUT2D eigenvalue weighted by molar-refractivity contribution is 5.28. The third-order valence-corrected chi connectivity index (χ3v) is 5.75. The van der Waals surface area contributed by atoms with Gasteiger partial charge in [0.25, 0.3) is 0 Å². The molecule has 0 spiro atoms. The monoisotopic (exact) mass is 307 g/mol. The molecular formula is C20H25N3. The standard InChI is InChI=1S/C20H25N3/c1-14-21-11-15(12-22-14)13-23-20-18-10-6-5-9-17(18)19(20)16-7-3-2-4-8-16/h2-4,7-8,11-12,17-20,23H,5-6,9-10,13H2,1H3/t17-,18-,19-,20-/m0/s1. The minimum atomic E-state index is 0.601. The van der Waals surface area contributed by atoms with Gasteiger partial charge in [-0.1, -0.05) is 43.2 Å². The van der Waals surface area contributed by atoms with E-state index in [2.05, 4.69) is 45.6 Å². The number of hydrogen-bond acceptors (Lipinski definition) is 3. The second-order valence-electron chi connectivity index (χ2n) is 7.09. The zero-order chi connectivity index (χ0) is 15.6. The summed E-state index contributed by atoms with van der Waals surface area (Å²) in [6, 6.07) is 11.7. The van der Waals surface area contributed by atoms with Crippen molar-refractivity contribution in [3.05, 3.63) is 59.7 Å².